The third-order valence-corrected chi connectivity index (χ3v) is 10.5. The van der Waals surface area contributed by atoms with Crippen LogP contribution in [0.25, 0.3) is 10.2 Å². The van der Waals surface area contributed by atoms with E-state index < -0.39 is 19.9 Å². The van der Waals surface area contributed by atoms with Gasteiger partial charge in [-0.3, -0.25) is 14.0 Å². The normalized spacial score (nSPS) is 15.9. The number of thiazole rings is 1. The summed E-state index contributed by atoms with van der Waals surface area (Å²) in [6.07, 6.45) is 2.68. The molecule has 1 aliphatic heterocycles. The molecule has 0 N–H and O–H groups in total. The number of ether oxygens (including phenoxy) is 1. The summed E-state index contributed by atoms with van der Waals surface area (Å²) in [4.78, 5) is 20.1. The van der Waals surface area contributed by atoms with Gasteiger partial charge in [0.05, 0.1) is 38.3 Å². The molecule has 1 amide bonds. The number of aromatic nitrogens is 1. The first-order chi connectivity index (χ1) is 18.5. The smallest absolute Gasteiger partial charge is 0.264 e. The summed E-state index contributed by atoms with van der Waals surface area (Å²) in [7, 11) is -5.75. The van der Waals surface area contributed by atoms with E-state index in [0.29, 0.717) is 33.2 Å². The van der Waals surface area contributed by atoms with Crippen LogP contribution >= 0.6 is 11.3 Å². The fraction of sp³-hybridized carbons (Fsp3) is 0.259. The lowest BCUT2D eigenvalue weighted by atomic mass is 10.2. The topological polar surface area (TPSA) is 114 Å². The molecule has 1 fully saturated rings. The molecule has 0 aliphatic carbocycles. The first kappa shape index (κ1) is 27.3. The quantitative estimate of drug-likeness (QED) is 0.302. The van der Waals surface area contributed by atoms with Gasteiger partial charge in [0.15, 0.2) is 15.0 Å². The second kappa shape index (κ2) is 10.7. The maximum absolute atomic E-state index is 13.7. The molecule has 0 radical (unpaired) electrons. The van der Waals surface area contributed by atoms with E-state index in [9.17, 15) is 21.6 Å². The van der Waals surface area contributed by atoms with Crippen molar-refractivity contribution in [2.24, 2.45) is 0 Å². The second-order valence-corrected chi connectivity index (χ2v) is 14.3. The molecule has 1 saturated heterocycles. The van der Waals surface area contributed by atoms with E-state index in [1.807, 2.05) is 6.07 Å². The van der Waals surface area contributed by atoms with Gasteiger partial charge >= 0.3 is 0 Å². The van der Waals surface area contributed by atoms with Gasteiger partial charge in [-0.2, -0.15) is 0 Å². The predicted octanol–water partition coefficient (Wildman–Crippen LogP) is 4.35. The first-order valence-electron chi connectivity index (χ1n) is 12.2. The van der Waals surface area contributed by atoms with Crippen molar-refractivity contribution >= 4 is 58.1 Å². The van der Waals surface area contributed by atoms with Crippen LogP contribution in [0, 0.1) is 0 Å². The molecule has 1 aliphatic rings. The summed E-state index contributed by atoms with van der Waals surface area (Å²) in [5.41, 5.74) is 1.40. The number of hydrogen-bond acceptors (Lipinski definition) is 8. The minimum atomic E-state index is -3.83. The lowest BCUT2D eigenvalue weighted by Gasteiger charge is -2.23. The van der Waals surface area contributed by atoms with Gasteiger partial charge in [-0.1, -0.05) is 29.5 Å². The van der Waals surface area contributed by atoms with Crippen molar-refractivity contribution in [1.82, 2.24) is 4.98 Å². The molecule has 1 unspecified atom stereocenters. The van der Waals surface area contributed by atoms with Crippen molar-refractivity contribution < 1.29 is 26.4 Å². The number of para-hydroxylation sites is 1. The standard InChI is InChI=1S/C27H27N3O6S3/c1-29(20-7-4-3-5-8-20)39(34,35)22-12-10-19(11-13-22)26(31)30(18-21-9-6-16-36-21)27-28-24-15-14-23(38(2,32)33)17-25(24)37-27/h3-5,7-8,10-15,17,21H,6,9,16,18H2,1-2H3. The Bertz CT molecular complexity index is 1710. The Morgan fingerprint density at radius 1 is 1.00 bits per heavy atom. The van der Waals surface area contributed by atoms with E-state index in [4.69, 9.17) is 4.74 Å². The Morgan fingerprint density at radius 2 is 1.69 bits per heavy atom. The number of sulfonamides is 1. The molecule has 4 aromatic rings. The number of anilines is 2. The summed E-state index contributed by atoms with van der Waals surface area (Å²) in [6, 6.07) is 19.2. The van der Waals surface area contributed by atoms with E-state index in [0.717, 1.165) is 19.1 Å². The van der Waals surface area contributed by atoms with Gasteiger partial charge in [0.25, 0.3) is 15.9 Å². The van der Waals surface area contributed by atoms with Crippen LogP contribution in [0.3, 0.4) is 0 Å². The Kier molecular flexibility index (Phi) is 7.47. The molecule has 0 spiro atoms. The Balaban J connectivity index is 1.46. The number of rotatable bonds is 8. The summed E-state index contributed by atoms with van der Waals surface area (Å²) in [5.74, 6) is -0.353. The summed E-state index contributed by atoms with van der Waals surface area (Å²) in [6.45, 7) is 0.889. The average Bonchev–Trinajstić information content (AvgIpc) is 3.60. The van der Waals surface area contributed by atoms with Crippen molar-refractivity contribution in [2.75, 3.05) is 35.7 Å². The molecule has 1 aromatic heterocycles. The lowest BCUT2D eigenvalue weighted by molar-refractivity contribution is 0.0917. The number of nitrogens with zero attached hydrogens (tertiary/aromatic N) is 3. The highest BCUT2D eigenvalue weighted by atomic mass is 32.2. The second-order valence-electron chi connectivity index (χ2n) is 9.28. The van der Waals surface area contributed by atoms with E-state index in [1.54, 1.807) is 36.4 Å². The number of fused-ring (bicyclic) bond motifs is 1. The summed E-state index contributed by atoms with van der Waals surface area (Å²) >= 11 is 1.22. The van der Waals surface area contributed by atoms with E-state index in [2.05, 4.69) is 4.98 Å². The lowest BCUT2D eigenvalue weighted by Crippen LogP contribution is -2.37. The average molecular weight is 586 g/mol. The molecular weight excluding hydrogens is 559 g/mol. The van der Waals surface area contributed by atoms with Crippen LogP contribution in [-0.4, -0.2) is 60.3 Å². The highest BCUT2D eigenvalue weighted by Crippen LogP contribution is 2.33. The Morgan fingerprint density at radius 3 is 2.33 bits per heavy atom. The van der Waals surface area contributed by atoms with Gasteiger partial charge in [0.2, 0.25) is 0 Å². The minimum Gasteiger partial charge on any atom is -0.376 e. The molecule has 0 bridgehead atoms. The summed E-state index contributed by atoms with van der Waals surface area (Å²) in [5, 5.41) is 0.414. The van der Waals surface area contributed by atoms with E-state index in [-0.39, 0.29) is 28.3 Å². The third kappa shape index (κ3) is 5.69. The molecule has 12 heteroatoms. The Labute approximate surface area is 231 Å². The zero-order valence-corrected chi connectivity index (χ0v) is 23.8. The molecule has 1 atom stereocenters. The number of carbonyl (C=O) groups is 1. The SMILES string of the molecule is CN(c1ccccc1)S(=O)(=O)c1ccc(C(=O)N(CC2CCCO2)c2nc3ccc(S(C)(=O)=O)cc3s2)cc1. The Hall–Kier alpha value is -3.32. The van der Waals surface area contributed by atoms with Crippen molar-refractivity contribution in [3.8, 4) is 0 Å². The van der Waals surface area contributed by atoms with Crippen LogP contribution in [0.1, 0.15) is 23.2 Å². The number of carbonyl (C=O) groups excluding carboxylic acids is 1. The number of sulfone groups is 1. The van der Waals surface area contributed by atoms with Crippen molar-refractivity contribution in [1.29, 1.82) is 0 Å². The van der Waals surface area contributed by atoms with Gasteiger partial charge in [-0.25, -0.2) is 21.8 Å². The van der Waals surface area contributed by atoms with Crippen molar-refractivity contribution in [2.45, 2.75) is 28.7 Å². The molecule has 3 aromatic carbocycles. The van der Waals surface area contributed by atoms with Crippen molar-refractivity contribution in [3.63, 3.8) is 0 Å². The van der Waals surface area contributed by atoms with Crippen LogP contribution in [0.2, 0.25) is 0 Å². The van der Waals surface area contributed by atoms with Gasteiger partial charge < -0.3 is 4.74 Å². The molecule has 9 nitrogen and oxygen atoms in total. The molecule has 5 rings (SSSR count). The minimum absolute atomic E-state index is 0.0596. The van der Waals surface area contributed by atoms with Crippen LogP contribution in [-0.2, 0) is 24.6 Å². The van der Waals surface area contributed by atoms with Gasteiger partial charge in [-0.05, 0) is 67.4 Å². The largest absolute Gasteiger partial charge is 0.376 e. The summed E-state index contributed by atoms with van der Waals surface area (Å²) < 4.78 is 58.0. The fourth-order valence-corrected chi connectivity index (χ4v) is 7.27. The van der Waals surface area contributed by atoms with Crippen LogP contribution in [0.15, 0.2) is 82.6 Å². The zero-order valence-electron chi connectivity index (χ0n) is 21.3. The highest BCUT2D eigenvalue weighted by molar-refractivity contribution is 7.92. The van der Waals surface area contributed by atoms with Crippen LogP contribution < -0.4 is 9.21 Å². The molecule has 2 heterocycles. The zero-order chi connectivity index (χ0) is 27.8. The fourth-order valence-electron chi connectivity index (χ4n) is 4.34. The number of amides is 1. The van der Waals surface area contributed by atoms with E-state index in [1.165, 1.54) is 57.9 Å². The first-order valence-corrected chi connectivity index (χ1v) is 16.4. The maximum Gasteiger partial charge on any atom is 0.264 e. The monoisotopic (exact) mass is 585 g/mol. The number of benzene rings is 3. The highest BCUT2D eigenvalue weighted by Gasteiger charge is 2.28. The van der Waals surface area contributed by atoms with Crippen molar-refractivity contribution in [3.05, 3.63) is 78.4 Å². The molecule has 0 saturated carbocycles. The predicted molar refractivity (Wildman–Crippen MR) is 152 cm³/mol. The molecule has 39 heavy (non-hydrogen) atoms. The van der Waals surface area contributed by atoms with Gasteiger partial charge in [-0.15, -0.1) is 0 Å². The van der Waals surface area contributed by atoms with E-state index >= 15 is 0 Å². The van der Waals surface area contributed by atoms with Crippen LogP contribution in [0.4, 0.5) is 10.8 Å². The molecular formula is C27H27N3O6S3. The van der Waals surface area contributed by atoms with Crippen LogP contribution in [0.5, 0.6) is 0 Å². The maximum atomic E-state index is 13.7. The third-order valence-electron chi connectivity index (χ3n) is 6.54. The number of hydrogen-bond donors (Lipinski definition) is 0. The molecule has 204 valence electrons. The van der Waals surface area contributed by atoms with Gasteiger partial charge in [0.1, 0.15) is 0 Å². The van der Waals surface area contributed by atoms with Gasteiger partial charge in [0, 0.05) is 25.5 Å².